The van der Waals surface area contributed by atoms with Crippen LogP contribution in [0.3, 0.4) is 0 Å². The Hall–Kier alpha value is -3.45. The zero-order valence-electron chi connectivity index (χ0n) is 19.5. The van der Waals surface area contributed by atoms with Crippen LogP contribution >= 0.6 is 15.9 Å². The van der Waals surface area contributed by atoms with E-state index in [-0.39, 0.29) is 5.91 Å². The molecule has 0 unspecified atom stereocenters. The quantitative estimate of drug-likeness (QED) is 0.270. The molecule has 0 aliphatic carbocycles. The number of aryl methyl sites for hydroxylation is 2. The molecule has 0 aliphatic heterocycles. The highest BCUT2D eigenvalue weighted by Gasteiger charge is 2.10. The molecule has 1 N–H and O–H groups in total. The lowest BCUT2D eigenvalue weighted by Crippen LogP contribution is -2.09. The third kappa shape index (κ3) is 5.54. The molecule has 1 amide bonds. The van der Waals surface area contributed by atoms with E-state index in [2.05, 4.69) is 50.5 Å². The number of benzene rings is 3. The van der Waals surface area contributed by atoms with E-state index in [9.17, 15) is 4.79 Å². The van der Waals surface area contributed by atoms with Crippen LogP contribution in [-0.2, 0) is 11.2 Å². The number of anilines is 1. The number of aromatic nitrogens is 3. The number of halogens is 1. The largest absolute Gasteiger partial charge is 0.496 e. The van der Waals surface area contributed by atoms with Crippen molar-refractivity contribution in [1.82, 2.24) is 15.0 Å². The van der Waals surface area contributed by atoms with Gasteiger partial charge in [0, 0.05) is 21.8 Å². The van der Waals surface area contributed by atoms with E-state index in [1.165, 1.54) is 24.5 Å². The first-order valence-electron chi connectivity index (χ1n) is 11.3. The van der Waals surface area contributed by atoms with Gasteiger partial charge in [-0.3, -0.25) is 4.79 Å². The van der Waals surface area contributed by atoms with Gasteiger partial charge in [-0.1, -0.05) is 41.4 Å². The lowest BCUT2D eigenvalue weighted by atomic mass is 10.1. The lowest BCUT2D eigenvalue weighted by Gasteiger charge is -2.07. The summed E-state index contributed by atoms with van der Waals surface area (Å²) in [7, 11) is 1.60. The Bertz CT molecular complexity index is 1340. The first-order chi connectivity index (χ1) is 16.5. The van der Waals surface area contributed by atoms with Crippen LogP contribution in [0.1, 0.15) is 36.5 Å². The molecular formula is C27H27BrN4O2. The second-order valence-corrected chi connectivity index (χ2v) is 9.04. The van der Waals surface area contributed by atoms with Crippen LogP contribution in [0.2, 0.25) is 0 Å². The van der Waals surface area contributed by atoms with Gasteiger partial charge in [0.2, 0.25) is 5.91 Å². The Balaban J connectivity index is 1.52. The average molecular weight is 519 g/mol. The van der Waals surface area contributed by atoms with Gasteiger partial charge >= 0.3 is 0 Å². The van der Waals surface area contributed by atoms with Crippen molar-refractivity contribution in [2.45, 2.75) is 33.1 Å². The first-order valence-corrected chi connectivity index (χ1v) is 12.1. The SMILES string of the molecule is CCCCc1ccc(-n2nc3cc(C)c(NC(=O)/C=C/c4cc(Br)ccc4OC)cc3n2)cc1. The molecule has 0 aliphatic rings. The molecule has 0 spiro atoms. The Labute approximate surface area is 207 Å². The van der Waals surface area contributed by atoms with Crippen LogP contribution in [0.4, 0.5) is 5.69 Å². The summed E-state index contributed by atoms with van der Waals surface area (Å²) in [6.07, 6.45) is 6.66. The highest BCUT2D eigenvalue weighted by molar-refractivity contribution is 9.10. The van der Waals surface area contributed by atoms with Crippen molar-refractivity contribution in [3.8, 4) is 11.4 Å². The van der Waals surface area contributed by atoms with Crippen molar-refractivity contribution in [1.29, 1.82) is 0 Å². The molecule has 0 saturated carbocycles. The summed E-state index contributed by atoms with van der Waals surface area (Å²) in [5, 5.41) is 12.2. The third-order valence-corrected chi connectivity index (χ3v) is 6.07. The fraction of sp³-hybridized carbons (Fsp3) is 0.222. The Morgan fingerprint density at radius 2 is 1.82 bits per heavy atom. The molecule has 4 rings (SSSR count). The molecule has 0 radical (unpaired) electrons. The fourth-order valence-electron chi connectivity index (χ4n) is 3.67. The number of carbonyl (C=O) groups is 1. The molecule has 0 fully saturated rings. The van der Waals surface area contributed by atoms with Crippen LogP contribution in [0.25, 0.3) is 22.8 Å². The predicted octanol–water partition coefficient (Wildman–Crippen LogP) is 6.49. The van der Waals surface area contributed by atoms with Crippen LogP contribution in [0.5, 0.6) is 5.75 Å². The summed E-state index contributed by atoms with van der Waals surface area (Å²) in [5.74, 6) is 0.458. The number of carbonyl (C=O) groups excluding carboxylic acids is 1. The summed E-state index contributed by atoms with van der Waals surface area (Å²) in [6, 6.07) is 17.8. The van der Waals surface area contributed by atoms with E-state index in [1.807, 2.05) is 49.4 Å². The van der Waals surface area contributed by atoms with Gasteiger partial charge in [-0.2, -0.15) is 4.80 Å². The van der Waals surface area contributed by atoms with Gasteiger partial charge in [0.05, 0.1) is 12.8 Å². The molecule has 7 heteroatoms. The molecule has 174 valence electrons. The molecule has 4 aromatic rings. The maximum Gasteiger partial charge on any atom is 0.248 e. The number of amides is 1. The first kappa shape index (κ1) is 23.7. The van der Waals surface area contributed by atoms with Crippen LogP contribution in [0, 0.1) is 6.92 Å². The Kier molecular flexibility index (Phi) is 7.43. The van der Waals surface area contributed by atoms with E-state index < -0.39 is 0 Å². The normalized spacial score (nSPS) is 11.3. The summed E-state index contributed by atoms with van der Waals surface area (Å²) >= 11 is 3.45. The van der Waals surface area contributed by atoms with Gasteiger partial charge in [0.25, 0.3) is 0 Å². The summed E-state index contributed by atoms with van der Waals surface area (Å²) in [5.41, 5.74) is 6.14. The van der Waals surface area contributed by atoms with Gasteiger partial charge in [0.15, 0.2) is 0 Å². The summed E-state index contributed by atoms with van der Waals surface area (Å²) in [6.45, 7) is 4.14. The van der Waals surface area contributed by atoms with Gasteiger partial charge in [-0.05, 0) is 79.4 Å². The van der Waals surface area contributed by atoms with Gasteiger partial charge in [-0.25, -0.2) is 0 Å². The molecular weight excluding hydrogens is 492 g/mol. The molecule has 6 nitrogen and oxygen atoms in total. The number of fused-ring (bicyclic) bond motifs is 1. The Morgan fingerprint density at radius 1 is 1.09 bits per heavy atom. The predicted molar refractivity (Wildman–Crippen MR) is 141 cm³/mol. The standard InChI is InChI=1S/C27H27BrN4O2/c1-4-5-6-19-7-11-22(12-8-19)32-30-24-15-18(2)23(17-25(24)31-32)29-27(33)14-9-20-16-21(28)10-13-26(20)34-3/h7-17H,4-6H2,1-3H3,(H,29,33)/b14-9+. The number of hydrogen-bond acceptors (Lipinski definition) is 4. The van der Waals surface area contributed by atoms with Crippen LogP contribution in [-0.4, -0.2) is 28.0 Å². The third-order valence-electron chi connectivity index (χ3n) is 5.58. The minimum atomic E-state index is -0.237. The highest BCUT2D eigenvalue weighted by Crippen LogP contribution is 2.25. The molecule has 34 heavy (non-hydrogen) atoms. The Morgan fingerprint density at radius 3 is 2.53 bits per heavy atom. The van der Waals surface area contributed by atoms with Crippen LogP contribution in [0.15, 0.2) is 65.1 Å². The summed E-state index contributed by atoms with van der Waals surface area (Å²) < 4.78 is 6.27. The van der Waals surface area contributed by atoms with E-state index in [1.54, 1.807) is 18.0 Å². The minimum Gasteiger partial charge on any atom is -0.496 e. The van der Waals surface area contributed by atoms with Crippen molar-refractivity contribution < 1.29 is 9.53 Å². The van der Waals surface area contributed by atoms with E-state index in [4.69, 9.17) is 4.74 Å². The number of rotatable bonds is 8. The monoisotopic (exact) mass is 518 g/mol. The number of methoxy groups -OCH3 is 1. The highest BCUT2D eigenvalue weighted by atomic mass is 79.9. The van der Waals surface area contributed by atoms with Crippen molar-refractivity contribution in [3.63, 3.8) is 0 Å². The summed E-state index contributed by atoms with van der Waals surface area (Å²) in [4.78, 5) is 14.2. The molecule has 0 bridgehead atoms. The topological polar surface area (TPSA) is 69.0 Å². The van der Waals surface area contributed by atoms with Crippen molar-refractivity contribution in [2.24, 2.45) is 0 Å². The maximum atomic E-state index is 12.6. The molecule has 0 saturated heterocycles. The molecule has 3 aromatic carbocycles. The molecule has 0 atom stereocenters. The number of ether oxygens (including phenoxy) is 1. The maximum absolute atomic E-state index is 12.6. The van der Waals surface area contributed by atoms with Crippen molar-refractivity contribution in [2.75, 3.05) is 12.4 Å². The van der Waals surface area contributed by atoms with Gasteiger partial charge in [0.1, 0.15) is 16.8 Å². The number of nitrogens with zero attached hydrogens (tertiary/aromatic N) is 3. The van der Waals surface area contributed by atoms with E-state index in [0.717, 1.165) is 33.2 Å². The van der Waals surface area contributed by atoms with Gasteiger partial charge < -0.3 is 10.1 Å². The van der Waals surface area contributed by atoms with E-state index >= 15 is 0 Å². The van der Waals surface area contributed by atoms with E-state index in [0.29, 0.717) is 17.0 Å². The fourth-order valence-corrected chi connectivity index (χ4v) is 4.05. The smallest absolute Gasteiger partial charge is 0.248 e. The zero-order chi connectivity index (χ0) is 24.1. The molecule has 1 aromatic heterocycles. The minimum absolute atomic E-state index is 0.237. The second kappa shape index (κ2) is 10.7. The van der Waals surface area contributed by atoms with Crippen LogP contribution < -0.4 is 10.1 Å². The number of unbranched alkanes of at least 4 members (excludes halogenated alkanes) is 1. The lowest BCUT2D eigenvalue weighted by molar-refractivity contribution is -0.111. The second-order valence-electron chi connectivity index (χ2n) is 8.12. The van der Waals surface area contributed by atoms with Gasteiger partial charge in [-0.15, -0.1) is 10.2 Å². The number of nitrogens with one attached hydrogen (secondary N) is 1. The zero-order valence-corrected chi connectivity index (χ0v) is 21.1. The van der Waals surface area contributed by atoms with Crippen molar-refractivity contribution in [3.05, 3.63) is 81.8 Å². The van der Waals surface area contributed by atoms with Crippen molar-refractivity contribution >= 4 is 44.6 Å². The molecule has 1 heterocycles. The average Bonchev–Trinajstić information content (AvgIpc) is 3.24. The number of hydrogen-bond donors (Lipinski definition) is 1.